The van der Waals surface area contributed by atoms with E-state index < -0.39 is 5.79 Å². The van der Waals surface area contributed by atoms with Crippen molar-refractivity contribution in [2.75, 3.05) is 18.1 Å². The van der Waals surface area contributed by atoms with Crippen molar-refractivity contribution in [1.82, 2.24) is 0 Å². The Kier molecular flexibility index (Phi) is 3.93. The van der Waals surface area contributed by atoms with Crippen LogP contribution in [0.15, 0.2) is 30.3 Å². The van der Waals surface area contributed by atoms with Crippen LogP contribution in [0.25, 0.3) is 0 Å². The van der Waals surface area contributed by atoms with Gasteiger partial charge in [-0.25, -0.2) is 0 Å². The summed E-state index contributed by atoms with van der Waals surface area (Å²) in [5.41, 5.74) is 1.23. The lowest BCUT2D eigenvalue weighted by Gasteiger charge is -2.40. The SMILES string of the molecule is C[C@@H]1CN(c2ccccc2)[C@H](C)COC(C)(C)O1. The first-order valence-corrected chi connectivity index (χ1v) is 6.61. The molecule has 3 nitrogen and oxygen atoms in total. The Morgan fingerprint density at radius 1 is 1.17 bits per heavy atom. The van der Waals surface area contributed by atoms with Gasteiger partial charge in [-0.1, -0.05) is 18.2 Å². The number of anilines is 1. The summed E-state index contributed by atoms with van der Waals surface area (Å²) in [4.78, 5) is 2.35. The van der Waals surface area contributed by atoms with Gasteiger partial charge >= 0.3 is 0 Å². The number of hydrogen-bond donors (Lipinski definition) is 0. The fraction of sp³-hybridized carbons (Fsp3) is 0.600. The molecule has 0 amide bonds. The molecule has 2 atom stereocenters. The molecule has 1 heterocycles. The van der Waals surface area contributed by atoms with Gasteiger partial charge in [0.05, 0.1) is 12.7 Å². The fourth-order valence-electron chi connectivity index (χ4n) is 2.40. The third kappa shape index (κ3) is 3.24. The van der Waals surface area contributed by atoms with E-state index in [1.54, 1.807) is 0 Å². The van der Waals surface area contributed by atoms with Crippen LogP contribution in [-0.2, 0) is 9.47 Å². The summed E-state index contributed by atoms with van der Waals surface area (Å²) in [6.07, 6.45) is 0.142. The van der Waals surface area contributed by atoms with Crippen LogP contribution in [0.1, 0.15) is 27.7 Å². The largest absolute Gasteiger partial charge is 0.364 e. The summed E-state index contributed by atoms with van der Waals surface area (Å²) < 4.78 is 11.8. The second-order valence-electron chi connectivity index (χ2n) is 5.48. The van der Waals surface area contributed by atoms with Crippen molar-refractivity contribution in [1.29, 1.82) is 0 Å². The molecular formula is C15H23NO2. The van der Waals surface area contributed by atoms with Gasteiger partial charge in [-0.15, -0.1) is 0 Å². The van der Waals surface area contributed by atoms with E-state index in [0.717, 1.165) is 6.54 Å². The maximum absolute atomic E-state index is 5.91. The highest BCUT2D eigenvalue weighted by Crippen LogP contribution is 2.24. The molecule has 0 N–H and O–H groups in total. The van der Waals surface area contributed by atoms with E-state index in [-0.39, 0.29) is 6.10 Å². The molecule has 0 spiro atoms. The van der Waals surface area contributed by atoms with Crippen LogP contribution in [-0.4, -0.2) is 31.1 Å². The molecule has 1 aromatic rings. The molecule has 0 aliphatic carbocycles. The van der Waals surface area contributed by atoms with Gasteiger partial charge in [0.25, 0.3) is 0 Å². The zero-order valence-electron chi connectivity index (χ0n) is 11.7. The molecule has 1 fully saturated rings. The molecule has 1 aliphatic heterocycles. The maximum Gasteiger partial charge on any atom is 0.163 e. The van der Waals surface area contributed by atoms with Crippen LogP contribution in [0.4, 0.5) is 5.69 Å². The number of hydrogen-bond acceptors (Lipinski definition) is 3. The van der Waals surface area contributed by atoms with E-state index >= 15 is 0 Å². The predicted octanol–water partition coefficient (Wildman–Crippen LogP) is 3.05. The molecule has 0 unspecified atom stereocenters. The standard InChI is InChI=1S/C15H23NO2/c1-12-11-17-15(3,4)18-13(2)10-16(12)14-8-6-5-7-9-14/h5-9,12-13H,10-11H2,1-4H3/t12-,13-/m1/s1. The summed E-state index contributed by atoms with van der Waals surface area (Å²) in [6, 6.07) is 10.8. The molecular weight excluding hydrogens is 226 g/mol. The topological polar surface area (TPSA) is 21.7 Å². The van der Waals surface area contributed by atoms with Crippen LogP contribution in [0.5, 0.6) is 0 Å². The van der Waals surface area contributed by atoms with Crippen LogP contribution < -0.4 is 4.90 Å². The Bertz CT molecular complexity index is 377. The van der Waals surface area contributed by atoms with Gasteiger partial charge < -0.3 is 14.4 Å². The highest BCUT2D eigenvalue weighted by molar-refractivity contribution is 5.47. The average molecular weight is 249 g/mol. The molecule has 0 bridgehead atoms. The van der Waals surface area contributed by atoms with Crippen LogP contribution >= 0.6 is 0 Å². The van der Waals surface area contributed by atoms with E-state index in [9.17, 15) is 0 Å². The number of benzene rings is 1. The Morgan fingerprint density at radius 2 is 1.83 bits per heavy atom. The average Bonchev–Trinajstić information content (AvgIpc) is 2.32. The summed E-state index contributed by atoms with van der Waals surface area (Å²) in [5, 5.41) is 0. The highest BCUT2D eigenvalue weighted by Gasteiger charge is 2.29. The highest BCUT2D eigenvalue weighted by atomic mass is 16.7. The number of ether oxygens (including phenoxy) is 2. The normalized spacial score (nSPS) is 28.6. The molecule has 0 radical (unpaired) electrons. The van der Waals surface area contributed by atoms with Crippen molar-refractivity contribution >= 4 is 5.69 Å². The minimum absolute atomic E-state index is 0.142. The minimum atomic E-state index is -0.490. The second kappa shape index (κ2) is 5.29. The monoisotopic (exact) mass is 249 g/mol. The summed E-state index contributed by atoms with van der Waals surface area (Å²) in [5.74, 6) is -0.490. The molecule has 0 saturated carbocycles. The van der Waals surface area contributed by atoms with Crippen LogP contribution in [0.2, 0.25) is 0 Å². The summed E-state index contributed by atoms with van der Waals surface area (Å²) in [6.45, 7) is 9.82. The number of para-hydroxylation sites is 1. The molecule has 1 saturated heterocycles. The Balaban J connectivity index is 2.16. The number of nitrogens with zero attached hydrogens (tertiary/aromatic N) is 1. The van der Waals surface area contributed by atoms with E-state index in [1.165, 1.54) is 5.69 Å². The lowest BCUT2D eigenvalue weighted by Crippen LogP contribution is -2.49. The van der Waals surface area contributed by atoms with Crippen LogP contribution in [0.3, 0.4) is 0 Å². The smallest absolute Gasteiger partial charge is 0.163 e. The van der Waals surface area contributed by atoms with Gasteiger partial charge in [0, 0.05) is 18.3 Å². The predicted molar refractivity (Wildman–Crippen MR) is 73.8 cm³/mol. The molecule has 0 aromatic heterocycles. The third-order valence-electron chi connectivity index (χ3n) is 3.23. The minimum Gasteiger partial charge on any atom is -0.364 e. The second-order valence-corrected chi connectivity index (χ2v) is 5.48. The lowest BCUT2D eigenvalue weighted by molar-refractivity contribution is -0.239. The third-order valence-corrected chi connectivity index (χ3v) is 3.23. The van der Waals surface area contributed by atoms with Crippen molar-refractivity contribution in [3.8, 4) is 0 Å². The fourth-order valence-corrected chi connectivity index (χ4v) is 2.40. The van der Waals surface area contributed by atoms with Crippen molar-refractivity contribution < 1.29 is 9.47 Å². The molecule has 2 rings (SSSR count). The first-order chi connectivity index (χ1) is 8.48. The quantitative estimate of drug-likeness (QED) is 0.763. The van der Waals surface area contributed by atoms with Crippen molar-refractivity contribution in [3.63, 3.8) is 0 Å². The molecule has 3 heteroatoms. The van der Waals surface area contributed by atoms with Crippen LogP contribution in [0, 0.1) is 0 Å². The first-order valence-electron chi connectivity index (χ1n) is 6.61. The molecule has 18 heavy (non-hydrogen) atoms. The molecule has 100 valence electrons. The zero-order valence-corrected chi connectivity index (χ0v) is 11.7. The van der Waals surface area contributed by atoms with E-state index in [1.807, 2.05) is 19.9 Å². The van der Waals surface area contributed by atoms with Crippen molar-refractivity contribution in [2.24, 2.45) is 0 Å². The van der Waals surface area contributed by atoms with Gasteiger partial charge in [-0.05, 0) is 39.8 Å². The van der Waals surface area contributed by atoms with Gasteiger partial charge in [-0.2, -0.15) is 0 Å². The molecule has 1 aromatic carbocycles. The Hall–Kier alpha value is -1.06. The Labute approximate surface area is 110 Å². The summed E-state index contributed by atoms with van der Waals surface area (Å²) >= 11 is 0. The summed E-state index contributed by atoms with van der Waals surface area (Å²) in [7, 11) is 0. The zero-order chi connectivity index (χ0) is 13.2. The van der Waals surface area contributed by atoms with E-state index in [4.69, 9.17) is 9.47 Å². The van der Waals surface area contributed by atoms with Gasteiger partial charge in [0.2, 0.25) is 0 Å². The Morgan fingerprint density at radius 3 is 2.50 bits per heavy atom. The number of rotatable bonds is 1. The molecule has 1 aliphatic rings. The maximum atomic E-state index is 5.91. The van der Waals surface area contributed by atoms with Gasteiger partial charge in [0.15, 0.2) is 5.79 Å². The van der Waals surface area contributed by atoms with Gasteiger partial charge in [0.1, 0.15) is 0 Å². The lowest BCUT2D eigenvalue weighted by atomic mass is 10.2. The van der Waals surface area contributed by atoms with Crippen molar-refractivity contribution in [3.05, 3.63) is 30.3 Å². The van der Waals surface area contributed by atoms with Crippen molar-refractivity contribution in [2.45, 2.75) is 45.6 Å². The van der Waals surface area contributed by atoms with Gasteiger partial charge in [-0.3, -0.25) is 0 Å². The first kappa shape index (κ1) is 13.4. The van der Waals surface area contributed by atoms with E-state index in [2.05, 4.69) is 43.0 Å². The van der Waals surface area contributed by atoms with E-state index in [0.29, 0.717) is 12.6 Å².